The summed E-state index contributed by atoms with van der Waals surface area (Å²) in [5.74, 6) is 0.627. The van der Waals surface area contributed by atoms with Gasteiger partial charge in [-0.1, -0.05) is 100 Å². The molecule has 0 radical (unpaired) electrons. The molecule has 0 atom stereocenters. The average Bonchev–Trinajstić information content (AvgIpc) is 2.98. The highest BCUT2D eigenvalue weighted by Gasteiger charge is 2.30. The van der Waals surface area contributed by atoms with Gasteiger partial charge in [0.25, 0.3) is 0 Å². The first-order valence-corrected chi connectivity index (χ1v) is 16.8. The summed E-state index contributed by atoms with van der Waals surface area (Å²) in [6.07, 6.45) is 8.19. The lowest BCUT2D eigenvalue weighted by atomic mass is 9.76. The predicted molar refractivity (Wildman–Crippen MR) is 200 cm³/mol. The maximum atomic E-state index is 13.0. The van der Waals surface area contributed by atoms with E-state index in [4.69, 9.17) is 0 Å². The molecule has 6 nitrogen and oxygen atoms in total. The number of hydrogen-bond acceptors (Lipinski definition) is 6. The fourth-order valence-electron chi connectivity index (χ4n) is 5.57. The van der Waals surface area contributed by atoms with Gasteiger partial charge in [0, 0.05) is 22.3 Å². The lowest BCUT2D eigenvalue weighted by molar-refractivity contribution is -0.113. The second kappa shape index (κ2) is 14.3. The number of allylic oxidation sites excluding steroid dienone is 5. The number of nitrogens with one attached hydrogen (secondary N) is 1. The third-order valence-corrected chi connectivity index (χ3v) is 8.40. The van der Waals surface area contributed by atoms with E-state index in [-0.39, 0.29) is 27.9 Å². The Labute approximate surface area is 287 Å². The molecule has 3 aromatic carbocycles. The molecular weight excluding hydrogens is 592 g/mol. The van der Waals surface area contributed by atoms with Crippen molar-refractivity contribution in [3.8, 4) is 5.75 Å². The first-order valence-electron chi connectivity index (χ1n) is 16.8. The van der Waals surface area contributed by atoms with Crippen molar-refractivity contribution in [3.63, 3.8) is 0 Å². The van der Waals surface area contributed by atoms with Gasteiger partial charge in [-0.25, -0.2) is 0 Å². The minimum Gasteiger partial charge on any atom is -0.507 e. The maximum Gasteiger partial charge on any atom is 0.185 e. The minimum atomic E-state index is -0.246. The van der Waals surface area contributed by atoms with Crippen LogP contribution in [0.5, 0.6) is 5.75 Å². The number of aromatic hydroxyl groups is 1. The van der Waals surface area contributed by atoms with Crippen LogP contribution in [0.25, 0.3) is 0 Å². The van der Waals surface area contributed by atoms with Crippen LogP contribution >= 0.6 is 0 Å². The molecule has 3 aromatic rings. The van der Waals surface area contributed by atoms with Crippen LogP contribution in [0.3, 0.4) is 0 Å². The summed E-state index contributed by atoms with van der Waals surface area (Å²) in [4.78, 5) is 13.0. The standard InChI is InChI=1S/C42H52N4O2/c1-27(2)34-21-30(22-35(38(34)47)40(3,4)5)25-43-45-32-16-12-28(13-17-32)20-29-14-18-33(19-15-29)46-44-26-31-23-36(41(6,7)8)39(48)37(24-31)42(9,10)11/h12-19,21-27,46,48H,20H2,1-11H3/b30-25-,44-26?,45-43?. The zero-order chi connectivity index (χ0) is 35.4. The molecule has 1 aliphatic carbocycles. The largest absolute Gasteiger partial charge is 0.507 e. The first kappa shape index (κ1) is 36.3. The molecule has 6 heteroatoms. The van der Waals surface area contributed by atoms with Gasteiger partial charge >= 0.3 is 0 Å². The molecule has 0 saturated carbocycles. The van der Waals surface area contributed by atoms with E-state index in [1.165, 1.54) is 11.1 Å². The van der Waals surface area contributed by atoms with Crippen LogP contribution in [-0.2, 0) is 22.0 Å². The van der Waals surface area contributed by atoms with Crippen molar-refractivity contribution >= 4 is 23.4 Å². The summed E-state index contributed by atoms with van der Waals surface area (Å²) >= 11 is 0. The van der Waals surface area contributed by atoms with E-state index < -0.39 is 0 Å². The summed E-state index contributed by atoms with van der Waals surface area (Å²) < 4.78 is 0. The van der Waals surface area contributed by atoms with Crippen LogP contribution in [-0.4, -0.2) is 17.1 Å². The van der Waals surface area contributed by atoms with Gasteiger partial charge in [0.2, 0.25) is 0 Å². The van der Waals surface area contributed by atoms with Crippen LogP contribution < -0.4 is 5.43 Å². The molecule has 48 heavy (non-hydrogen) atoms. The van der Waals surface area contributed by atoms with E-state index in [9.17, 15) is 9.90 Å². The van der Waals surface area contributed by atoms with E-state index in [1.807, 2.05) is 68.6 Å². The van der Waals surface area contributed by atoms with Crippen LogP contribution in [0.2, 0.25) is 0 Å². The number of hydrogen-bond donors (Lipinski definition) is 2. The van der Waals surface area contributed by atoms with Crippen LogP contribution in [0.15, 0.2) is 111 Å². The van der Waals surface area contributed by atoms with Crippen LogP contribution in [0, 0.1) is 11.3 Å². The van der Waals surface area contributed by atoms with E-state index in [1.54, 1.807) is 6.20 Å². The van der Waals surface area contributed by atoms with Gasteiger partial charge in [-0.15, -0.1) is 0 Å². The van der Waals surface area contributed by atoms with E-state index in [0.717, 1.165) is 51.2 Å². The monoisotopic (exact) mass is 644 g/mol. The Morgan fingerprint density at radius 3 is 1.81 bits per heavy atom. The van der Waals surface area contributed by atoms with Crippen molar-refractivity contribution in [1.82, 2.24) is 0 Å². The normalized spacial score (nSPS) is 15.5. The van der Waals surface area contributed by atoms with Gasteiger partial charge < -0.3 is 5.11 Å². The SMILES string of the molecule is CC(C)C1=C/C(=C/N=Nc2ccc(Cc3ccc(NN=Cc4cc(C(C)(C)C)c(O)c(C(C)(C)C)c4)cc3)cc2)C=C(C(C)(C)C)C1=O. The zero-order valence-corrected chi connectivity index (χ0v) is 30.6. The number of azo groups is 1. The number of Topliss-reactive ketones (excluding diaryl/α,β-unsaturated/α-hetero) is 1. The van der Waals surface area contributed by atoms with Gasteiger partial charge in [-0.3, -0.25) is 10.2 Å². The Kier molecular flexibility index (Phi) is 10.8. The summed E-state index contributed by atoms with van der Waals surface area (Å²) in [5, 5.41) is 24.2. The number of phenols is 1. The average molecular weight is 645 g/mol. The second-order valence-electron chi connectivity index (χ2n) is 16.1. The molecule has 0 heterocycles. The molecule has 0 spiro atoms. The minimum absolute atomic E-state index is 0.122. The predicted octanol–water partition coefficient (Wildman–Crippen LogP) is 11.1. The number of nitrogens with zero attached hydrogens (tertiary/aromatic N) is 3. The third-order valence-electron chi connectivity index (χ3n) is 8.40. The number of carbonyl (C=O) groups is 1. The number of carbonyl (C=O) groups excluding carboxylic acids is 1. The molecule has 0 bridgehead atoms. The molecule has 0 saturated heterocycles. The summed E-state index contributed by atoms with van der Waals surface area (Å²) in [6, 6.07) is 20.4. The zero-order valence-electron chi connectivity index (χ0n) is 30.6. The number of rotatable bonds is 8. The number of hydrazone groups is 1. The Morgan fingerprint density at radius 2 is 1.31 bits per heavy atom. The van der Waals surface area contributed by atoms with E-state index >= 15 is 0 Å². The van der Waals surface area contributed by atoms with Crippen molar-refractivity contribution in [3.05, 3.63) is 124 Å². The van der Waals surface area contributed by atoms with Crippen LogP contribution in [0.4, 0.5) is 11.4 Å². The first-order chi connectivity index (χ1) is 22.3. The van der Waals surface area contributed by atoms with Gasteiger partial charge in [0.15, 0.2) is 5.78 Å². The maximum absolute atomic E-state index is 13.0. The van der Waals surface area contributed by atoms with Gasteiger partial charge in [0.1, 0.15) is 5.75 Å². The summed E-state index contributed by atoms with van der Waals surface area (Å²) in [6.45, 7) is 22.9. The van der Waals surface area contributed by atoms with Crippen molar-refractivity contribution < 1.29 is 9.90 Å². The smallest absolute Gasteiger partial charge is 0.185 e. The van der Waals surface area contributed by atoms with Gasteiger partial charge in [0.05, 0.1) is 23.8 Å². The Hall–Kier alpha value is -4.58. The van der Waals surface area contributed by atoms with Crippen molar-refractivity contribution in [2.24, 2.45) is 26.7 Å². The molecular formula is C42H52N4O2. The second-order valence-corrected chi connectivity index (χ2v) is 16.1. The lowest BCUT2D eigenvalue weighted by Gasteiger charge is -2.27. The number of anilines is 1. The number of benzene rings is 3. The Morgan fingerprint density at radius 1 is 0.771 bits per heavy atom. The fraction of sp³-hybridized carbons (Fsp3) is 0.381. The van der Waals surface area contributed by atoms with Crippen molar-refractivity contribution in [2.75, 3.05) is 5.43 Å². The summed E-state index contributed by atoms with van der Waals surface area (Å²) in [5.41, 5.74) is 11.8. The van der Waals surface area contributed by atoms with E-state index in [2.05, 4.69) is 107 Å². The fourth-order valence-corrected chi connectivity index (χ4v) is 5.57. The molecule has 1 aliphatic rings. The summed E-state index contributed by atoms with van der Waals surface area (Å²) in [7, 11) is 0. The highest BCUT2D eigenvalue weighted by molar-refractivity contribution is 6.11. The molecule has 0 amide bonds. The molecule has 0 aromatic heterocycles. The molecule has 0 aliphatic heterocycles. The van der Waals surface area contributed by atoms with Crippen molar-refractivity contribution in [2.45, 2.75) is 93.4 Å². The third kappa shape index (κ3) is 9.27. The van der Waals surface area contributed by atoms with Gasteiger partial charge in [-0.05, 0) is 99.4 Å². The Bertz CT molecular complexity index is 1750. The lowest BCUT2D eigenvalue weighted by Crippen LogP contribution is -2.24. The molecule has 4 rings (SSSR count). The number of phenolic OH excluding ortho intramolecular Hbond substituents is 1. The number of ketones is 1. The molecule has 0 fully saturated rings. The molecule has 252 valence electrons. The van der Waals surface area contributed by atoms with Gasteiger partial charge in [-0.2, -0.15) is 15.3 Å². The van der Waals surface area contributed by atoms with Crippen LogP contribution in [0.1, 0.15) is 104 Å². The molecule has 0 unspecified atom stereocenters. The Balaban J connectivity index is 1.39. The highest BCUT2D eigenvalue weighted by atomic mass is 16.3. The van der Waals surface area contributed by atoms with Crippen molar-refractivity contribution in [1.29, 1.82) is 0 Å². The molecule has 2 N–H and O–H groups in total. The van der Waals surface area contributed by atoms with E-state index in [0.29, 0.717) is 5.75 Å². The quantitative estimate of drug-likeness (QED) is 0.145. The highest BCUT2D eigenvalue weighted by Crippen LogP contribution is 2.39. The topological polar surface area (TPSA) is 86.4 Å².